The van der Waals surface area contributed by atoms with Crippen molar-refractivity contribution in [1.82, 2.24) is 4.98 Å². The van der Waals surface area contributed by atoms with Crippen LogP contribution >= 0.6 is 15.9 Å². The van der Waals surface area contributed by atoms with Gasteiger partial charge in [0.2, 0.25) is 5.88 Å². The van der Waals surface area contributed by atoms with E-state index in [1.807, 2.05) is 12.1 Å². The molecule has 7 heteroatoms. The highest BCUT2D eigenvalue weighted by Gasteiger charge is 2.12. The number of nitrogens with two attached hydrogens (primary N) is 1. The second-order valence-electron chi connectivity index (χ2n) is 3.69. The molecule has 0 saturated carbocycles. The lowest BCUT2D eigenvalue weighted by Crippen LogP contribution is -1.97. The molecule has 0 amide bonds. The normalized spacial score (nSPS) is 10.2. The minimum absolute atomic E-state index is 0.102. The molecule has 2 rings (SSSR count). The summed E-state index contributed by atoms with van der Waals surface area (Å²) in [5, 5.41) is 10.6. The van der Waals surface area contributed by atoms with E-state index >= 15 is 0 Å². The predicted octanol–water partition coefficient (Wildman–Crippen LogP) is 3.00. The van der Waals surface area contributed by atoms with Crippen molar-refractivity contribution in [2.45, 2.75) is 6.54 Å². The largest absolute Gasteiger partial charge is 0.438 e. The molecule has 0 fully saturated rings. The van der Waals surface area contributed by atoms with Gasteiger partial charge in [0.05, 0.1) is 9.40 Å². The lowest BCUT2D eigenvalue weighted by molar-refractivity contribution is -0.385. The molecule has 98 valence electrons. The molecule has 0 atom stereocenters. The zero-order chi connectivity index (χ0) is 13.8. The summed E-state index contributed by atoms with van der Waals surface area (Å²) in [6.07, 6.45) is 1.15. The summed E-state index contributed by atoms with van der Waals surface area (Å²) in [7, 11) is 0. The molecule has 1 aromatic carbocycles. The zero-order valence-corrected chi connectivity index (χ0v) is 11.3. The number of hydrogen-bond donors (Lipinski definition) is 1. The third-order valence-electron chi connectivity index (χ3n) is 2.35. The Labute approximate surface area is 117 Å². The number of ether oxygens (including phenoxy) is 1. The van der Waals surface area contributed by atoms with Crippen molar-refractivity contribution in [3.05, 3.63) is 56.7 Å². The molecule has 0 bridgehead atoms. The van der Waals surface area contributed by atoms with Crippen molar-refractivity contribution in [1.29, 1.82) is 0 Å². The van der Waals surface area contributed by atoms with E-state index in [1.54, 1.807) is 12.1 Å². The van der Waals surface area contributed by atoms with Crippen LogP contribution in [0.2, 0.25) is 0 Å². The first-order valence-electron chi connectivity index (χ1n) is 5.37. The summed E-state index contributed by atoms with van der Waals surface area (Å²) in [6.45, 7) is 0.409. The van der Waals surface area contributed by atoms with E-state index in [0.29, 0.717) is 16.8 Å². The van der Waals surface area contributed by atoms with Gasteiger partial charge in [-0.3, -0.25) is 10.1 Å². The Kier molecular flexibility index (Phi) is 4.08. The van der Waals surface area contributed by atoms with Gasteiger partial charge in [0, 0.05) is 12.6 Å². The number of aromatic nitrogens is 1. The summed E-state index contributed by atoms with van der Waals surface area (Å²) in [5.41, 5.74) is 6.36. The summed E-state index contributed by atoms with van der Waals surface area (Å²) in [6, 6.07) is 8.58. The fraction of sp³-hybridized carbons (Fsp3) is 0.0833. The van der Waals surface area contributed by atoms with Gasteiger partial charge in [-0.05, 0) is 33.6 Å². The van der Waals surface area contributed by atoms with Gasteiger partial charge in [0.15, 0.2) is 0 Å². The third-order valence-corrected chi connectivity index (χ3v) is 2.92. The highest BCUT2D eigenvalue weighted by molar-refractivity contribution is 9.10. The van der Waals surface area contributed by atoms with Crippen molar-refractivity contribution in [2.24, 2.45) is 5.73 Å². The molecule has 2 N–H and O–H groups in total. The fourth-order valence-corrected chi connectivity index (χ4v) is 1.86. The van der Waals surface area contributed by atoms with Crippen LogP contribution in [0.4, 0.5) is 5.69 Å². The molecule has 0 aliphatic carbocycles. The van der Waals surface area contributed by atoms with Crippen LogP contribution in [0.15, 0.2) is 41.0 Å². The minimum atomic E-state index is -0.517. The summed E-state index contributed by atoms with van der Waals surface area (Å²) < 4.78 is 5.97. The predicted molar refractivity (Wildman–Crippen MR) is 73.0 cm³/mol. The van der Waals surface area contributed by atoms with Crippen LogP contribution in [-0.4, -0.2) is 9.91 Å². The molecule has 6 nitrogen and oxygen atoms in total. The Bertz CT molecular complexity index is 619. The second kappa shape index (κ2) is 5.77. The number of rotatable bonds is 4. The smallest absolute Gasteiger partial charge is 0.288 e. The van der Waals surface area contributed by atoms with E-state index in [-0.39, 0.29) is 11.6 Å². The molecule has 2 aromatic rings. The summed E-state index contributed by atoms with van der Waals surface area (Å²) >= 11 is 3.19. The topological polar surface area (TPSA) is 91.3 Å². The van der Waals surface area contributed by atoms with Crippen molar-refractivity contribution in [3.63, 3.8) is 0 Å². The minimum Gasteiger partial charge on any atom is -0.438 e. The van der Waals surface area contributed by atoms with Gasteiger partial charge in [-0.1, -0.05) is 12.1 Å². The molecule has 1 heterocycles. The quantitative estimate of drug-likeness (QED) is 0.689. The molecule has 0 unspecified atom stereocenters. The maximum atomic E-state index is 10.6. The maximum Gasteiger partial charge on any atom is 0.288 e. The monoisotopic (exact) mass is 323 g/mol. The summed E-state index contributed by atoms with van der Waals surface area (Å²) in [4.78, 5) is 14.0. The van der Waals surface area contributed by atoms with E-state index in [2.05, 4.69) is 20.9 Å². The van der Waals surface area contributed by atoms with E-state index in [1.165, 1.54) is 6.07 Å². The number of benzene rings is 1. The van der Waals surface area contributed by atoms with Gasteiger partial charge in [-0.15, -0.1) is 0 Å². The van der Waals surface area contributed by atoms with Crippen LogP contribution in [0, 0.1) is 10.1 Å². The fourth-order valence-electron chi connectivity index (χ4n) is 1.44. The van der Waals surface area contributed by atoms with Crippen LogP contribution < -0.4 is 10.5 Å². The van der Waals surface area contributed by atoms with Gasteiger partial charge < -0.3 is 10.5 Å². The molecule has 0 aliphatic rings. The number of nitrogens with zero attached hydrogens (tertiary/aromatic N) is 2. The molecule has 1 aromatic heterocycles. The van der Waals surface area contributed by atoms with E-state index in [4.69, 9.17) is 10.5 Å². The lowest BCUT2D eigenvalue weighted by atomic mass is 10.2. The average molecular weight is 324 g/mol. The Morgan fingerprint density at radius 1 is 1.42 bits per heavy atom. The standard InChI is InChI=1S/C12H10BrN3O3/c13-11-5-9(16(17)18)7-15-12(11)19-10-3-1-2-8(4-10)6-14/h1-5,7H,6,14H2. The first-order valence-corrected chi connectivity index (χ1v) is 6.16. The van der Waals surface area contributed by atoms with Crippen LogP contribution in [-0.2, 0) is 6.54 Å². The number of pyridine rings is 1. The van der Waals surface area contributed by atoms with Crippen molar-refractivity contribution < 1.29 is 9.66 Å². The number of hydrogen-bond acceptors (Lipinski definition) is 5. The first-order chi connectivity index (χ1) is 9.10. The molecule has 0 spiro atoms. The van der Waals surface area contributed by atoms with Gasteiger partial charge in [0.1, 0.15) is 11.9 Å². The van der Waals surface area contributed by atoms with Crippen molar-refractivity contribution >= 4 is 21.6 Å². The third kappa shape index (κ3) is 3.27. The SMILES string of the molecule is NCc1cccc(Oc2ncc([N+](=O)[O-])cc2Br)c1. The highest BCUT2D eigenvalue weighted by atomic mass is 79.9. The van der Waals surface area contributed by atoms with E-state index in [9.17, 15) is 10.1 Å². The van der Waals surface area contributed by atoms with Crippen molar-refractivity contribution in [3.8, 4) is 11.6 Å². The zero-order valence-electron chi connectivity index (χ0n) is 9.75. The van der Waals surface area contributed by atoms with Gasteiger partial charge in [-0.25, -0.2) is 4.98 Å². The first kappa shape index (κ1) is 13.4. The molecule has 19 heavy (non-hydrogen) atoms. The van der Waals surface area contributed by atoms with Gasteiger partial charge >= 0.3 is 0 Å². The number of halogens is 1. The maximum absolute atomic E-state index is 10.6. The van der Waals surface area contributed by atoms with Crippen LogP contribution in [0.5, 0.6) is 11.6 Å². The molecular weight excluding hydrogens is 314 g/mol. The summed E-state index contributed by atoms with van der Waals surface area (Å²) in [5.74, 6) is 0.838. The Balaban J connectivity index is 2.25. The Morgan fingerprint density at radius 3 is 2.84 bits per heavy atom. The Hall–Kier alpha value is -1.99. The van der Waals surface area contributed by atoms with Gasteiger partial charge in [-0.2, -0.15) is 0 Å². The van der Waals surface area contributed by atoms with E-state index < -0.39 is 4.92 Å². The molecular formula is C12H10BrN3O3. The van der Waals surface area contributed by atoms with Crippen LogP contribution in [0.1, 0.15) is 5.56 Å². The second-order valence-corrected chi connectivity index (χ2v) is 4.55. The average Bonchev–Trinajstić information content (AvgIpc) is 2.41. The van der Waals surface area contributed by atoms with Crippen LogP contribution in [0.25, 0.3) is 0 Å². The van der Waals surface area contributed by atoms with Crippen LogP contribution in [0.3, 0.4) is 0 Å². The highest BCUT2D eigenvalue weighted by Crippen LogP contribution is 2.30. The number of nitro groups is 1. The van der Waals surface area contributed by atoms with Crippen molar-refractivity contribution in [2.75, 3.05) is 0 Å². The molecule has 0 radical (unpaired) electrons. The Morgan fingerprint density at radius 2 is 2.21 bits per heavy atom. The molecule has 0 saturated heterocycles. The van der Waals surface area contributed by atoms with E-state index in [0.717, 1.165) is 11.8 Å². The lowest BCUT2D eigenvalue weighted by Gasteiger charge is -2.07. The van der Waals surface area contributed by atoms with Gasteiger partial charge in [0.25, 0.3) is 5.69 Å². The molecule has 0 aliphatic heterocycles.